The number of aromatic hydroxyl groups is 1. The smallest absolute Gasteiger partial charge is 0.226 e. The van der Waals surface area contributed by atoms with Gasteiger partial charge in [0, 0.05) is 25.0 Å². The van der Waals surface area contributed by atoms with Gasteiger partial charge in [0.15, 0.2) is 23.3 Å². The number of hydrogen-bond acceptors (Lipinski definition) is 5. The molecule has 6 nitrogen and oxygen atoms in total. The molecule has 0 saturated carbocycles. The van der Waals surface area contributed by atoms with E-state index in [1.165, 1.54) is 6.07 Å². The van der Waals surface area contributed by atoms with Crippen molar-refractivity contribution < 1.29 is 55.7 Å². The van der Waals surface area contributed by atoms with Crippen LogP contribution in [0.2, 0.25) is 0 Å². The molecule has 1 N–H and O–H groups in total. The van der Waals surface area contributed by atoms with Crippen LogP contribution >= 0.6 is 0 Å². The number of aromatic nitrogens is 2. The number of carbonyl (C=O) groups excluding carboxylic acids is 1. The number of aryl methyl sites for hydroxylation is 1. The second kappa shape index (κ2) is 8.81. The summed E-state index contributed by atoms with van der Waals surface area (Å²) in [6.07, 6.45) is 0. The molecular formula is C19H6F6N4O2Zn. The maximum atomic E-state index is 14.3. The monoisotopic (exact) mass is 500 g/mol. The summed E-state index contributed by atoms with van der Waals surface area (Å²) in [5.41, 5.74) is -5.98. The fourth-order valence-electron chi connectivity index (χ4n) is 2.80. The third-order valence-electron chi connectivity index (χ3n) is 4.24. The molecule has 0 spiro atoms. The molecule has 0 aliphatic carbocycles. The van der Waals surface area contributed by atoms with Crippen LogP contribution in [0.1, 0.15) is 32.7 Å². The Bertz CT molecular complexity index is 1320. The average molecular weight is 502 g/mol. The summed E-state index contributed by atoms with van der Waals surface area (Å²) in [7, 11) is 0. The number of nitriles is 2. The second-order valence-corrected chi connectivity index (χ2v) is 6.04. The Labute approximate surface area is 187 Å². The van der Waals surface area contributed by atoms with Gasteiger partial charge in [-0.15, -0.1) is 0 Å². The predicted octanol–water partition coefficient (Wildman–Crippen LogP) is 3.69. The number of hydrogen-bond donors (Lipinski definition) is 1. The molecule has 1 heterocycles. The maximum absolute atomic E-state index is 14.3. The molecule has 3 aromatic rings. The first-order chi connectivity index (χ1) is 14.5. The standard InChI is InChI=1S/C19H6F6N4O2.Zn/c1-6-12(18(30)7-2-10(20)8(4-26)11(21)3-7)19(31)29(28-6)17-15(24)13(22)9(5-27)14(23)16(17)25;/h2-3,31H,1H3;. The minimum absolute atomic E-state index is 0. The zero-order chi connectivity index (χ0) is 23.2. The van der Waals surface area contributed by atoms with Crippen molar-refractivity contribution in [1.82, 2.24) is 9.78 Å². The molecule has 0 unspecified atom stereocenters. The van der Waals surface area contributed by atoms with E-state index >= 15 is 0 Å². The first kappa shape index (κ1) is 24.6. The van der Waals surface area contributed by atoms with Gasteiger partial charge in [-0.2, -0.15) is 20.3 Å². The van der Waals surface area contributed by atoms with Crippen molar-refractivity contribution in [2.24, 2.45) is 0 Å². The van der Waals surface area contributed by atoms with E-state index in [4.69, 9.17) is 10.5 Å². The van der Waals surface area contributed by atoms with Crippen molar-refractivity contribution in [3.63, 3.8) is 0 Å². The summed E-state index contributed by atoms with van der Waals surface area (Å²) in [6, 6.07) is 3.17. The normalized spacial score (nSPS) is 10.3. The van der Waals surface area contributed by atoms with Crippen LogP contribution in [0.25, 0.3) is 5.69 Å². The van der Waals surface area contributed by atoms with E-state index in [0.717, 1.165) is 13.0 Å². The van der Waals surface area contributed by atoms with Crippen LogP contribution in [0.4, 0.5) is 26.3 Å². The molecule has 2 aromatic carbocycles. The summed E-state index contributed by atoms with van der Waals surface area (Å²) >= 11 is 0. The van der Waals surface area contributed by atoms with Crippen LogP contribution in [0.5, 0.6) is 5.88 Å². The number of ketones is 1. The van der Waals surface area contributed by atoms with Gasteiger partial charge in [0.2, 0.25) is 11.7 Å². The van der Waals surface area contributed by atoms with E-state index in [1.54, 1.807) is 0 Å². The molecule has 0 radical (unpaired) electrons. The van der Waals surface area contributed by atoms with E-state index in [-0.39, 0.29) is 24.2 Å². The predicted molar refractivity (Wildman–Crippen MR) is 89.0 cm³/mol. The van der Waals surface area contributed by atoms with Crippen molar-refractivity contribution in [3.05, 3.63) is 75.0 Å². The van der Waals surface area contributed by atoms with E-state index in [0.29, 0.717) is 12.1 Å². The molecule has 32 heavy (non-hydrogen) atoms. The summed E-state index contributed by atoms with van der Waals surface area (Å²) in [5, 5.41) is 31.1. The molecular weight excluding hydrogens is 496 g/mol. The molecule has 3 rings (SSSR count). The van der Waals surface area contributed by atoms with Gasteiger partial charge < -0.3 is 5.11 Å². The van der Waals surface area contributed by atoms with E-state index < -0.39 is 80.2 Å². The van der Waals surface area contributed by atoms with Crippen molar-refractivity contribution in [1.29, 1.82) is 10.5 Å². The topological polar surface area (TPSA) is 103 Å². The van der Waals surface area contributed by atoms with Gasteiger partial charge in [-0.3, -0.25) is 4.79 Å². The van der Waals surface area contributed by atoms with Gasteiger partial charge in [-0.1, -0.05) is 0 Å². The van der Waals surface area contributed by atoms with Crippen LogP contribution in [0.15, 0.2) is 12.1 Å². The van der Waals surface area contributed by atoms with Crippen molar-refractivity contribution in [2.45, 2.75) is 6.92 Å². The van der Waals surface area contributed by atoms with Gasteiger partial charge in [0.25, 0.3) is 0 Å². The van der Waals surface area contributed by atoms with E-state index in [2.05, 4.69) is 5.10 Å². The molecule has 1 aromatic heterocycles. The van der Waals surface area contributed by atoms with Crippen molar-refractivity contribution >= 4 is 5.78 Å². The molecule has 13 heteroatoms. The average Bonchev–Trinajstić information content (AvgIpc) is 3.00. The van der Waals surface area contributed by atoms with Crippen LogP contribution in [-0.2, 0) is 19.5 Å². The van der Waals surface area contributed by atoms with Crippen LogP contribution < -0.4 is 0 Å². The third-order valence-corrected chi connectivity index (χ3v) is 4.24. The Morgan fingerprint density at radius 1 is 0.938 bits per heavy atom. The third kappa shape index (κ3) is 3.61. The zero-order valence-corrected chi connectivity index (χ0v) is 18.7. The number of benzene rings is 2. The molecule has 0 fully saturated rings. The first-order valence-electron chi connectivity index (χ1n) is 8.03. The number of nitrogens with zero attached hydrogens (tertiary/aromatic N) is 4. The van der Waals surface area contributed by atoms with Crippen molar-refractivity contribution in [3.8, 4) is 23.7 Å². The van der Waals surface area contributed by atoms with Gasteiger partial charge in [0.1, 0.15) is 46.2 Å². The fraction of sp³-hybridized carbons (Fsp3) is 0.0526. The second-order valence-electron chi connectivity index (χ2n) is 6.04. The minimum Gasteiger partial charge on any atom is -0.493 e. The summed E-state index contributed by atoms with van der Waals surface area (Å²) in [5.74, 6) is -13.6. The van der Waals surface area contributed by atoms with Crippen molar-refractivity contribution in [2.75, 3.05) is 0 Å². The largest absolute Gasteiger partial charge is 0.493 e. The maximum Gasteiger partial charge on any atom is 0.226 e. The quantitative estimate of drug-likeness (QED) is 0.255. The Hall–Kier alpha value is -3.70. The zero-order valence-electron chi connectivity index (χ0n) is 15.8. The molecule has 0 atom stereocenters. The van der Waals surface area contributed by atoms with E-state index in [9.17, 15) is 36.2 Å². The molecule has 158 valence electrons. The molecule has 0 aliphatic heterocycles. The minimum atomic E-state index is -2.08. The number of rotatable bonds is 3. The van der Waals surface area contributed by atoms with Gasteiger partial charge in [-0.25, -0.2) is 26.3 Å². The van der Waals surface area contributed by atoms with Gasteiger partial charge in [0.05, 0.1) is 5.69 Å². The fourth-order valence-corrected chi connectivity index (χ4v) is 2.80. The Morgan fingerprint density at radius 2 is 1.41 bits per heavy atom. The number of halogens is 6. The summed E-state index contributed by atoms with van der Waals surface area (Å²) < 4.78 is 84.0. The molecule has 0 aliphatic rings. The molecule has 0 amide bonds. The van der Waals surface area contributed by atoms with E-state index in [1.807, 2.05) is 0 Å². The first-order valence-corrected chi connectivity index (χ1v) is 8.03. The Balaban J connectivity index is 0.00000363. The molecule has 0 bridgehead atoms. The summed E-state index contributed by atoms with van der Waals surface area (Å²) in [4.78, 5) is 12.6. The SMILES string of the molecule is Cc1nn(-c2c(F)c(F)c(C#N)c(F)c2F)c(O)c1C(=O)c1cc(F)c(C#N)c(F)c1.[Zn]. The molecule has 0 saturated heterocycles. The van der Waals surface area contributed by atoms with Crippen LogP contribution in [-0.4, -0.2) is 20.7 Å². The van der Waals surface area contributed by atoms with Crippen LogP contribution in [0.3, 0.4) is 0 Å². The Kier molecular flexibility index (Phi) is 6.77. The van der Waals surface area contributed by atoms with Crippen LogP contribution in [0, 0.1) is 64.5 Å². The Morgan fingerprint density at radius 3 is 1.84 bits per heavy atom. The van der Waals surface area contributed by atoms with Gasteiger partial charge in [-0.05, 0) is 19.1 Å². The summed E-state index contributed by atoms with van der Waals surface area (Å²) in [6.45, 7) is 1.06. The van der Waals surface area contributed by atoms with Gasteiger partial charge >= 0.3 is 0 Å². The number of carbonyl (C=O) groups is 1.